The van der Waals surface area contributed by atoms with Crippen molar-refractivity contribution < 1.29 is 9.59 Å². The standard InChI is InChI=1S/C26H42N4O2/c1-3-29(4-2)26(32)24(22-12-7-5-8-13-22)30-20-14-23(15-21-30)25(31)27-16-11-19-28-17-9-6-10-18-28/h5,7-8,12-13,23-24H,3-4,6,9-11,14-21H2,1-2H3,(H,27,31)/t24-/m0/s1. The molecule has 2 aliphatic heterocycles. The summed E-state index contributed by atoms with van der Waals surface area (Å²) in [7, 11) is 0. The summed E-state index contributed by atoms with van der Waals surface area (Å²) >= 11 is 0. The second-order valence-corrected chi connectivity index (χ2v) is 9.18. The van der Waals surface area contributed by atoms with Crippen LogP contribution in [-0.4, -0.2) is 78.9 Å². The molecule has 2 aliphatic rings. The highest BCUT2D eigenvalue weighted by Crippen LogP contribution is 2.29. The van der Waals surface area contributed by atoms with E-state index in [1.165, 1.54) is 32.4 Å². The molecule has 32 heavy (non-hydrogen) atoms. The Labute approximate surface area is 194 Å². The van der Waals surface area contributed by atoms with Gasteiger partial charge in [0.15, 0.2) is 0 Å². The minimum Gasteiger partial charge on any atom is -0.356 e. The van der Waals surface area contributed by atoms with Crippen molar-refractivity contribution in [1.29, 1.82) is 0 Å². The fourth-order valence-electron chi connectivity index (χ4n) is 5.11. The number of carbonyl (C=O) groups excluding carboxylic acids is 2. The first-order chi connectivity index (χ1) is 15.6. The topological polar surface area (TPSA) is 55.9 Å². The van der Waals surface area contributed by atoms with Crippen LogP contribution in [0, 0.1) is 5.92 Å². The van der Waals surface area contributed by atoms with E-state index in [1.807, 2.05) is 49.1 Å². The molecule has 2 fully saturated rings. The average molecular weight is 443 g/mol. The monoisotopic (exact) mass is 442 g/mol. The first-order valence-corrected chi connectivity index (χ1v) is 12.7. The number of benzene rings is 1. The lowest BCUT2D eigenvalue weighted by molar-refractivity contribution is -0.138. The average Bonchev–Trinajstić information content (AvgIpc) is 2.84. The van der Waals surface area contributed by atoms with Crippen LogP contribution in [0.25, 0.3) is 0 Å². The number of likely N-dealkylation sites (N-methyl/N-ethyl adjacent to an activating group) is 1. The summed E-state index contributed by atoms with van der Waals surface area (Å²) in [6.45, 7) is 11.3. The fraction of sp³-hybridized carbons (Fsp3) is 0.692. The highest BCUT2D eigenvalue weighted by atomic mass is 16.2. The van der Waals surface area contributed by atoms with Gasteiger partial charge in [0.05, 0.1) is 0 Å². The Morgan fingerprint density at radius 3 is 2.28 bits per heavy atom. The van der Waals surface area contributed by atoms with E-state index in [1.54, 1.807) is 0 Å². The predicted octanol–water partition coefficient (Wildman–Crippen LogP) is 3.30. The molecule has 6 nitrogen and oxygen atoms in total. The minimum atomic E-state index is -0.260. The molecule has 3 rings (SSSR count). The van der Waals surface area contributed by atoms with Crippen molar-refractivity contribution in [2.45, 2.75) is 58.4 Å². The maximum Gasteiger partial charge on any atom is 0.244 e. The van der Waals surface area contributed by atoms with Crippen molar-refractivity contribution >= 4 is 11.8 Å². The Bertz CT molecular complexity index is 693. The molecule has 2 saturated heterocycles. The van der Waals surface area contributed by atoms with Gasteiger partial charge in [-0.05, 0) is 84.2 Å². The van der Waals surface area contributed by atoms with Crippen molar-refractivity contribution in [1.82, 2.24) is 20.0 Å². The van der Waals surface area contributed by atoms with Crippen LogP contribution in [0.2, 0.25) is 0 Å². The van der Waals surface area contributed by atoms with Crippen LogP contribution in [0.1, 0.15) is 64.0 Å². The molecule has 1 atom stereocenters. The summed E-state index contributed by atoms with van der Waals surface area (Å²) < 4.78 is 0. The molecule has 0 unspecified atom stereocenters. The molecule has 0 bridgehead atoms. The number of amides is 2. The van der Waals surface area contributed by atoms with Gasteiger partial charge in [-0.25, -0.2) is 0 Å². The first-order valence-electron chi connectivity index (χ1n) is 12.7. The molecule has 1 aromatic carbocycles. The van der Waals surface area contributed by atoms with Gasteiger partial charge in [-0.2, -0.15) is 0 Å². The van der Waals surface area contributed by atoms with Crippen LogP contribution in [0.3, 0.4) is 0 Å². The summed E-state index contributed by atoms with van der Waals surface area (Å²) in [5.74, 6) is 0.414. The number of hydrogen-bond acceptors (Lipinski definition) is 4. The normalized spacial score (nSPS) is 19.4. The predicted molar refractivity (Wildman–Crippen MR) is 129 cm³/mol. The van der Waals surface area contributed by atoms with Crippen LogP contribution in [-0.2, 0) is 9.59 Å². The van der Waals surface area contributed by atoms with Gasteiger partial charge in [0.1, 0.15) is 6.04 Å². The highest BCUT2D eigenvalue weighted by Gasteiger charge is 2.34. The number of nitrogens with zero attached hydrogens (tertiary/aromatic N) is 3. The van der Waals surface area contributed by atoms with Crippen LogP contribution < -0.4 is 5.32 Å². The van der Waals surface area contributed by atoms with Gasteiger partial charge >= 0.3 is 0 Å². The summed E-state index contributed by atoms with van der Waals surface area (Å²) in [6, 6.07) is 9.83. The Morgan fingerprint density at radius 2 is 1.66 bits per heavy atom. The third-order valence-electron chi connectivity index (χ3n) is 7.09. The quantitative estimate of drug-likeness (QED) is 0.565. The van der Waals surface area contributed by atoms with Crippen molar-refractivity contribution in [3.63, 3.8) is 0 Å². The van der Waals surface area contributed by atoms with Crippen molar-refractivity contribution in [3.8, 4) is 0 Å². The minimum absolute atomic E-state index is 0.0567. The van der Waals surface area contributed by atoms with E-state index in [0.29, 0.717) is 0 Å². The zero-order valence-corrected chi connectivity index (χ0v) is 20.1. The van der Waals surface area contributed by atoms with Crippen LogP contribution in [0.4, 0.5) is 0 Å². The van der Waals surface area contributed by atoms with E-state index >= 15 is 0 Å². The van der Waals surface area contributed by atoms with E-state index in [0.717, 1.165) is 64.1 Å². The van der Waals surface area contributed by atoms with E-state index < -0.39 is 0 Å². The van der Waals surface area contributed by atoms with E-state index in [2.05, 4.69) is 15.1 Å². The molecular formula is C26H42N4O2. The van der Waals surface area contributed by atoms with Crippen molar-refractivity contribution in [2.75, 3.05) is 52.4 Å². The number of rotatable bonds is 10. The summed E-state index contributed by atoms with van der Waals surface area (Å²) in [5, 5.41) is 3.17. The lowest BCUT2D eigenvalue weighted by Crippen LogP contribution is -2.47. The molecule has 0 saturated carbocycles. The Hall–Kier alpha value is -1.92. The number of likely N-dealkylation sites (tertiary alicyclic amines) is 2. The largest absolute Gasteiger partial charge is 0.356 e. The Kier molecular flexibility index (Phi) is 10.0. The molecule has 1 aromatic rings. The molecule has 6 heteroatoms. The SMILES string of the molecule is CCN(CC)C(=O)[C@H](c1ccccc1)N1CCC(C(=O)NCCCN2CCCCC2)CC1. The highest BCUT2D eigenvalue weighted by molar-refractivity contribution is 5.83. The zero-order valence-electron chi connectivity index (χ0n) is 20.1. The molecule has 0 spiro atoms. The number of nitrogens with one attached hydrogen (secondary N) is 1. The van der Waals surface area contributed by atoms with Crippen molar-refractivity contribution in [2.24, 2.45) is 5.92 Å². The Balaban J connectivity index is 1.49. The lowest BCUT2D eigenvalue weighted by Gasteiger charge is -2.38. The fourth-order valence-corrected chi connectivity index (χ4v) is 5.11. The van der Waals surface area contributed by atoms with Crippen LogP contribution >= 0.6 is 0 Å². The van der Waals surface area contributed by atoms with Gasteiger partial charge in [-0.15, -0.1) is 0 Å². The molecule has 2 amide bonds. The van der Waals surface area contributed by atoms with Gasteiger partial charge < -0.3 is 15.1 Å². The number of carbonyl (C=O) groups is 2. The molecule has 178 valence electrons. The van der Waals surface area contributed by atoms with Crippen molar-refractivity contribution in [3.05, 3.63) is 35.9 Å². The molecule has 0 aromatic heterocycles. The molecular weight excluding hydrogens is 400 g/mol. The maximum absolute atomic E-state index is 13.3. The van der Waals surface area contributed by atoms with Crippen LogP contribution in [0.15, 0.2) is 30.3 Å². The third kappa shape index (κ3) is 6.79. The summed E-state index contributed by atoms with van der Waals surface area (Å²) in [6.07, 6.45) is 6.63. The second kappa shape index (κ2) is 12.9. The summed E-state index contributed by atoms with van der Waals surface area (Å²) in [5.41, 5.74) is 1.05. The van der Waals surface area contributed by atoms with E-state index in [4.69, 9.17) is 0 Å². The smallest absolute Gasteiger partial charge is 0.244 e. The maximum atomic E-state index is 13.3. The molecule has 2 heterocycles. The lowest BCUT2D eigenvalue weighted by atomic mass is 9.93. The molecule has 0 radical (unpaired) electrons. The van der Waals surface area contributed by atoms with Gasteiger partial charge in [-0.3, -0.25) is 14.5 Å². The number of piperidine rings is 2. The van der Waals surface area contributed by atoms with Gasteiger partial charge in [0.25, 0.3) is 0 Å². The Morgan fingerprint density at radius 1 is 1.00 bits per heavy atom. The van der Waals surface area contributed by atoms with E-state index in [-0.39, 0.29) is 23.8 Å². The van der Waals surface area contributed by atoms with Crippen LogP contribution in [0.5, 0.6) is 0 Å². The number of hydrogen-bond donors (Lipinski definition) is 1. The zero-order chi connectivity index (χ0) is 22.8. The third-order valence-corrected chi connectivity index (χ3v) is 7.09. The van der Waals surface area contributed by atoms with Gasteiger partial charge in [0, 0.05) is 25.6 Å². The second-order valence-electron chi connectivity index (χ2n) is 9.18. The van der Waals surface area contributed by atoms with Gasteiger partial charge in [0.2, 0.25) is 11.8 Å². The van der Waals surface area contributed by atoms with Gasteiger partial charge in [-0.1, -0.05) is 36.8 Å². The van der Waals surface area contributed by atoms with E-state index in [9.17, 15) is 9.59 Å². The molecule has 1 N–H and O–H groups in total. The molecule has 0 aliphatic carbocycles. The summed E-state index contributed by atoms with van der Waals surface area (Å²) in [4.78, 5) is 32.7. The first kappa shape index (κ1) is 24.7.